The molecular weight excluding hydrogens is 538 g/mol. The molecule has 1 N–H and O–H groups in total. The maximum atomic E-state index is 14.0. The first kappa shape index (κ1) is 30.9. The SMILES string of the molecule is CCC(C)N(CCNC(=O)C1CCC2S/C(=C\c3ccccc3)C(=O)N(Cc3cccc(C)c3)C2C1)C1CCCCC1. The van der Waals surface area contributed by atoms with E-state index in [0.29, 0.717) is 30.4 Å². The maximum Gasteiger partial charge on any atom is 0.260 e. The summed E-state index contributed by atoms with van der Waals surface area (Å²) in [6.07, 6.45) is 12.3. The van der Waals surface area contributed by atoms with Gasteiger partial charge in [-0.25, -0.2) is 0 Å². The Morgan fingerprint density at radius 1 is 1.07 bits per heavy atom. The van der Waals surface area contributed by atoms with Crippen molar-refractivity contribution in [1.82, 2.24) is 15.1 Å². The number of amides is 2. The summed E-state index contributed by atoms with van der Waals surface area (Å²) in [5.74, 6) is 0.204. The Bertz CT molecular complexity index is 1230. The molecule has 5 nitrogen and oxygen atoms in total. The van der Waals surface area contributed by atoms with Crippen LogP contribution in [0.5, 0.6) is 0 Å². The minimum atomic E-state index is -0.0500. The number of aryl methyl sites for hydroxylation is 1. The number of fused-ring (bicyclic) bond motifs is 1. The third-order valence-electron chi connectivity index (χ3n) is 9.68. The van der Waals surface area contributed by atoms with Gasteiger partial charge < -0.3 is 10.2 Å². The van der Waals surface area contributed by atoms with E-state index in [1.54, 1.807) is 11.8 Å². The Morgan fingerprint density at radius 2 is 1.86 bits per heavy atom. The smallest absolute Gasteiger partial charge is 0.260 e. The molecule has 3 fully saturated rings. The van der Waals surface area contributed by atoms with Gasteiger partial charge in [0.25, 0.3) is 5.91 Å². The number of hydrogen-bond donors (Lipinski definition) is 1. The monoisotopic (exact) mass is 587 g/mol. The second kappa shape index (κ2) is 14.7. The highest BCUT2D eigenvalue weighted by Gasteiger charge is 2.44. The van der Waals surface area contributed by atoms with Crippen molar-refractivity contribution in [3.8, 4) is 0 Å². The maximum absolute atomic E-state index is 14.0. The molecular formula is C36H49N3O2S. The fourth-order valence-corrected chi connectivity index (χ4v) is 8.60. The molecule has 3 aliphatic rings. The first-order valence-corrected chi connectivity index (χ1v) is 17.1. The highest BCUT2D eigenvalue weighted by molar-refractivity contribution is 8.04. The molecule has 0 aromatic heterocycles. The molecule has 2 aromatic rings. The molecule has 2 aromatic carbocycles. The first-order chi connectivity index (χ1) is 20.4. The van der Waals surface area contributed by atoms with Gasteiger partial charge in [0, 0.05) is 48.9 Å². The zero-order valence-corrected chi connectivity index (χ0v) is 26.6. The summed E-state index contributed by atoms with van der Waals surface area (Å²) in [7, 11) is 0. The summed E-state index contributed by atoms with van der Waals surface area (Å²) in [4.78, 5) is 33.0. The summed E-state index contributed by atoms with van der Waals surface area (Å²) in [5, 5.41) is 3.62. The second-order valence-electron chi connectivity index (χ2n) is 12.7. The predicted octanol–water partition coefficient (Wildman–Crippen LogP) is 7.20. The van der Waals surface area contributed by atoms with Gasteiger partial charge in [-0.15, -0.1) is 11.8 Å². The lowest BCUT2D eigenvalue weighted by atomic mass is 9.83. The molecule has 5 rings (SSSR count). The molecule has 0 spiro atoms. The third kappa shape index (κ3) is 7.68. The highest BCUT2D eigenvalue weighted by atomic mass is 32.2. The van der Waals surface area contributed by atoms with Crippen LogP contribution in [-0.4, -0.2) is 58.1 Å². The largest absolute Gasteiger partial charge is 0.355 e. The molecule has 4 atom stereocenters. The Labute approximate surface area is 257 Å². The normalized spacial score (nSPS) is 25.0. The minimum absolute atomic E-state index is 0.0500. The molecule has 1 heterocycles. The zero-order chi connectivity index (χ0) is 29.5. The number of carbonyl (C=O) groups is 2. The van der Waals surface area contributed by atoms with Gasteiger partial charge in [0.1, 0.15) is 0 Å². The van der Waals surface area contributed by atoms with Crippen molar-refractivity contribution < 1.29 is 9.59 Å². The Balaban J connectivity index is 1.26. The van der Waals surface area contributed by atoms with Gasteiger partial charge in [0.2, 0.25) is 5.91 Å². The van der Waals surface area contributed by atoms with Crippen molar-refractivity contribution in [2.45, 2.75) is 108 Å². The van der Waals surface area contributed by atoms with Gasteiger partial charge in [-0.1, -0.05) is 86.3 Å². The van der Waals surface area contributed by atoms with Crippen LogP contribution in [0.3, 0.4) is 0 Å². The summed E-state index contributed by atoms with van der Waals surface area (Å²) >= 11 is 1.72. The molecule has 42 heavy (non-hydrogen) atoms. The van der Waals surface area contributed by atoms with Gasteiger partial charge >= 0.3 is 0 Å². The topological polar surface area (TPSA) is 52.7 Å². The molecule has 6 heteroatoms. The molecule has 2 amide bonds. The van der Waals surface area contributed by atoms with Gasteiger partial charge in [-0.3, -0.25) is 14.5 Å². The number of rotatable bonds is 10. The average molecular weight is 588 g/mol. The van der Waals surface area contributed by atoms with E-state index in [-0.39, 0.29) is 23.8 Å². The fraction of sp³-hybridized carbons (Fsp3) is 0.556. The summed E-state index contributed by atoms with van der Waals surface area (Å²) in [6, 6.07) is 19.8. The molecule has 4 unspecified atom stereocenters. The Morgan fingerprint density at radius 3 is 2.60 bits per heavy atom. The van der Waals surface area contributed by atoms with Gasteiger partial charge in [0.05, 0.1) is 4.91 Å². The van der Waals surface area contributed by atoms with Crippen LogP contribution in [-0.2, 0) is 16.1 Å². The second-order valence-corrected chi connectivity index (χ2v) is 13.9. The number of hydrogen-bond acceptors (Lipinski definition) is 4. The van der Waals surface area contributed by atoms with Gasteiger partial charge in [0.15, 0.2) is 0 Å². The summed E-state index contributed by atoms with van der Waals surface area (Å²) < 4.78 is 0. The third-order valence-corrected chi connectivity index (χ3v) is 11.1. The van der Waals surface area contributed by atoms with E-state index >= 15 is 0 Å². The van der Waals surface area contributed by atoms with Crippen LogP contribution in [0.25, 0.3) is 6.08 Å². The molecule has 1 aliphatic heterocycles. The number of thioether (sulfide) groups is 1. The van der Waals surface area contributed by atoms with Crippen LogP contribution in [0, 0.1) is 12.8 Å². The lowest BCUT2D eigenvalue weighted by molar-refractivity contribution is -0.133. The fourth-order valence-electron chi connectivity index (χ4n) is 7.18. The first-order valence-electron chi connectivity index (χ1n) is 16.3. The van der Waals surface area contributed by atoms with E-state index in [4.69, 9.17) is 0 Å². The van der Waals surface area contributed by atoms with Gasteiger partial charge in [-0.2, -0.15) is 0 Å². The highest BCUT2D eigenvalue weighted by Crippen LogP contribution is 2.44. The standard InChI is InChI=1S/C36H49N3O2S/c1-4-27(3)38(31-16-9-6-10-17-31)21-20-37-35(40)30-18-19-33-32(24-30)39(25-29-15-11-12-26(2)22-29)36(41)34(42-33)23-28-13-7-5-8-14-28/h5,7-8,11-15,22-23,27,30-33H,4,6,9-10,16-21,24-25H2,1-3H3,(H,37,40)/b34-23-. The number of nitrogens with zero attached hydrogens (tertiary/aromatic N) is 2. The Kier molecular flexibility index (Phi) is 10.8. The lowest BCUT2D eigenvalue weighted by Gasteiger charge is -2.46. The summed E-state index contributed by atoms with van der Waals surface area (Å²) in [6.45, 7) is 8.90. The predicted molar refractivity (Wildman–Crippen MR) is 175 cm³/mol. The van der Waals surface area contributed by atoms with Crippen LogP contribution >= 0.6 is 11.8 Å². The molecule has 2 saturated carbocycles. The number of nitrogens with one attached hydrogen (secondary N) is 1. The van der Waals surface area contributed by atoms with Crippen LogP contribution < -0.4 is 5.32 Å². The van der Waals surface area contributed by atoms with Crippen LogP contribution in [0.1, 0.15) is 88.3 Å². The van der Waals surface area contributed by atoms with Crippen molar-refractivity contribution >= 4 is 29.7 Å². The zero-order valence-electron chi connectivity index (χ0n) is 25.8. The van der Waals surface area contributed by atoms with E-state index in [1.165, 1.54) is 37.7 Å². The molecule has 226 valence electrons. The van der Waals surface area contributed by atoms with Crippen LogP contribution in [0.4, 0.5) is 0 Å². The van der Waals surface area contributed by atoms with E-state index < -0.39 is 0 Å². The number of carbonyl (C=O) groups excluding carboxylic acids is 2. The quantitative estimate of drug-likeness (QED) is 0.299. The number of benzene rings is 2. The average Bonchev–Trinajstić information content (AvgIpc) is 3.01. The summed E-state index contributed by atoms with van der Waals surface area (Å²) in [5.41, 5.74) is 3.39. The van der Waals surface area contributed by atoms with E-state index in [9.17, 15) is 9.59 Å². The van der Waals surface area contributed by atoms with E-state index in [2.05, 4.69) is 72.3 Å². The van der Waals surface area contributed by atoms with Gasteiger partial charge in [-0.05, 0) is 69.6 Å². The Hall–Kier alpha value is -2.57. The molecule has 1 saturated heterocycles. The molecule has 2 aliphatic carbocycles. The van der Waals surface area contributed by atoms with Crippen LogP contribution in [0.15, 0.2) is 59.5 Å². The van der Waals surface area contributed by atoms with Crippen molar-refractivity contribution in [3.63, 3.8) is 0 Å². The molecule has 0 radical (unpaired) electrons. The van der Waals surface area contributed by atoms with E-state index in [1.807, 2.05) is 24.3 Å². The lowest BCUT2D eigenvalue weighted by Crippen LogP contribution is -2.54. The minimum Gasteiger partial charge on any atom is -0.355 e. The van der Waals surface area contributed by atoms with E-state index in [0.717, 1.165) is 48.3 Å². The molecule has 0 bridgehead atoms. The van der Waals surface area contributed by atoms with Crippen LogP contribution in [0.2, 0.25) is 0 Å². The van der Waals surface area contributed by atoms with Crippen molar-refractivity contribution in [1.29, 1.82) is 0 Å². The van der Waals surface area contributed by atoms with Crippen molar-refractivity contribution in [2.75, 3.05) is 13.1 Å². The van der Waals surface area contributed by atoms with Crippen molar-refractivity contribution in [2.24, 2.45) is 5.92 Å². The van der Waals surface area contributed by atoms with Crippen molar-refractivity contribution in [3.05, 3.63) is 76.2 Å².